The third-order valence-corrected chi connectivity index (χ3v) is 1.78. The number of benzene rings is 1. The average molecular weight is 192 g/mol. The summed E-state index contributed by atoms with van der Waals surface area (Å²) in [4.78, 5) is 23.4. The summed E-state index contributed by atoms with van der Waals surface area (Å²) in [5.41, 5.74) is 6.63. The maximum Gasteiger partial charge on any atom is 0.230 e. The van der Waals surface area contributed by atoms with Crippen LogP contribution in [0.4, 0.5) is 11.4 Å². The van der Waals surface area contributed by atoms with Gasteiger partial charge in [-0.2, -0.15) is 0 Å². The lowest BCUT2D eigenvalue weighted by Gasteiger charge is -2.16. The van der Waals surface area contributed by atoms with Crippen molar-refractivity contribution in [2.45, 2.75) is 13.8 Å². The molecule has 2 N–H and O–H groups in total. The van der Waals surface area contributed by atoms with E-state index in [1.165, 1.54) is 13.8 Å². The Morgan fingerprint density at radius 3 is 1.86 bits per heavy atom. The second kappa shape index (κ2) is 3.91. The van der Waals surface area contributed by atoms with E-state index in [4.69, 9.17) is 5.73 Å². The van der Waals surface area contributed by atoms with Gasteiger partial charge >= 0.3 is 0 Å². The van der Waals surface area contributed by atoms with Crippen LogP contribution in [0.3, 0.4) is 0 Å². The summed E-state index contributed by atoms with van der Waals surface area (Å²) in [7, 11) is 0. The molecule has 0 aliphatic heterocycles. The maximum atomic E-state index is 11.1. The van der Waals surface area contributed by atoms with Gasteiger partial charge in [0, 0.05) is 19.5 Å². The summed E-state index contributed by atoms with van der Waals surface area (Å²) in [5.74, 6) is -0.607. The van der Waals surface area contributed by atoms with E-state index in [0.29, 0.717) is 11.4 Å². The zero-order chi connectivity index (χ0) is 10.7. The molecule has 0 unspecified atom stereocenters. The van der Waals surface area contributed by atoms with Gasteiger partial charge in [0.25, 0.3) is 0 Å². The van der Waals surface area contributed by atoms with Crippen molar-refractivity contribution in [3.05, 3.63) is 24.3 Å². The van der Waals surface area contributed by atoms with Gasteiger partial charge in [-0.05, 0) is 24.3 Å². The number of hydrogen-bond acceptors (Lipinski definition) is 3. The Bertz CT molecular complexity index is 343. The number of imide groups is 1. The van der Waals surface area contributed by atoms with Crippen molar-refractivity contribution in [3.8, 4) is 0 Å². The molecule has 0 aliphatic carbocycles. The minimum Gasteiger partial charge on any atom is -0.399 e. The van der Waals surface area contributed by atoms with Crippen LogP contribution in [0.25, 0.3) is 0 Å². The quantitative estimate of drug-likeness (QED) is 0.679. The Kier molecular flexibility index (Phi) is 2.86. The molecule has 0 saturated heterocycles. The first kappa shape index (κ1) is 10.2. The van der Waals surface area contributed by atoms with Gasteiger partial charge in [-0.3, -0.25) is 14.5 Å². The summed E-state index contributed by atoms with van der Waals surface area (Å²) in [6.45, 7) is 2.69. The summed E-state index contributed by atoms with van der Waals surface area (Å²) in [5, 5.41) is 0. The van der Waals surface area contributed by atoms with E-state index in [0.717, 1.165) is 4.90 Å². The fourth-order valence-electron chi connectivity index (χ4n) is 1.21. The van der Waals surface area contributed by atoms with Crippen molar-refractivity contribution in [2.75, 3.05) is 10.6 Å². The van der Waals surface area contributed by atoms with Gasteiger partial charge in [0.2, 0.25) is 11.8 Å². The molecule has 0 aliphatic rings. The van der Waals surface area contributed by atoms with E-state index in [-0.39, 0.29) is 11.8 Å². The smallest absolute Gasteiger partial charge is 0.230 e. The van der Waals surface area contributed by atoms with Crippen LogP contribution < -0.4 is 10.6 Å². The fourth-order valence-corrected chi connectivity index (χ4v) is 1.21. The molecule has 4 heteroatoms. The molecule has 0 bridgehead atoms. The minimum absolute atomic E-state index is 0.303. The van der Waals surface area contributed by atoms with E-state index < -0.39 is 0 Å². The van der Waals surface area contributed by atoms with Gasteiger partial charge in [0.05, 0.1) is 5.69 Å². The highest BCUT2D eigenvalue weighted by Gasteiger charge is 2.15. The van der Waals surface area contributed by atoms with Gasteiger partial charge in [0.1, 0.15) is 0 Å². The number of amides is 2. The third kappa shape index (κ3) is 2.10. The number of carbonyl (C=O) groups excluding carboxylic acids is 2. The molecular formula is C10H12N2O2. The lowest BCUT2D eigenvalue weighted by atomic mass is 10.2. The first-order valence-corrected chi connectivity index (χ1v) is 4.19. The molecule has 4 nitrogen and oxygen atoms in total. The molecule has 0 aromatic heterocycles. The minimum atomic E-state index is -0.303. The van der Waals surface area contributed by atoms with Crippen LogP contribution in [0.5, 0.6) is 0 Å². The van der Waals surface area contributed by atoms with Crippen LogP contribution >= 0.6 is 0 Å². The highest BCUT2D eigenvalue weighted by Crippen LogP contribution is 2.16. The predicted molar refractivity (Wildman–Crippen MR) is 54.7 cm³/mol. The lowest BCUT2D eigenvalue weighted by molar-refractivity contribution is -0.124. The second-order valence-corrected chi connectivity index (χ2v) is 2.96. The zero-order valence-corrected chi connectivity index (χ0v) is 8.15. The highest BCUT2D eigenvalue weighted by molar-refractivity contribution is 6.13. The Balaban J connectivity index is 3.06. The fraction of sp³-hybridized carbons (Fsp3) is 0.200. The summed E-state index contributed by atoms with van der Waals surface area (Å²) < 4.78 is 0. The summed E-state index contributed by atoms with van der Waals surface area (Å²) >= 11 is 0. The maximum absolute atomic E-state index is 11.1. The number of nitrogens with two attached hydrogens (primary N) is 1. The molecule has 74 valence electrons. The van der Waals surface area contributed by atoms with Gasteiger partial charge in [-0.25, -0.2) is 0 Å². The van der Waals surface area contributed by atoms with Crippen LogP contribution in [-0.4, -0.2) is 11.8 Å². The number of carbonyl (C=O) groups is 2. The van der Waals surface area contributed by atoms with Gasteiger partial charge in [0.15, 0.2) is 0 Å². The molecule has 0 atom stereocenters. The molecule has 0 saturated carbocycles. The van der Waals surface area contributed by atoms with Crippen molar-refractivity contribution in [1.29, 1.82) is 0 Å². The monoisotopic (exact) mass is 192 g/mol. The third-order valence-electron chi connectivity index (χ3n) is 1.78. The Hall–Kier alpha value is -1.84. The highest BCUT2D eigenvalue weighted by atomic mass is 16.2. The first-order valence-electron chi connectivity index (χ1n) is 4.19. The molecule has 0 heterocycles. The second-order valence-electron chi connectivity index (χ2n) is 2.96. The molecule has 2 amide bonds. The van der Waals surface area contributed by atoms with Crippen molar-refractivity contribution < 1.29 is 9.59 Å². The predicted octanol–water partition coefficient (Wildman–Crippen LogP) is 1.17. The number of nitrogen functional groups attached to an aromatic ring is 1. The number of rotatable bonds is 1. The number of anilines is 2. The number of hydrogen-bond donors (Lipinski definition) is 1. The van der Waals surface area contributed by atoms with E-state index in [2.05, 4.69) is 0 Å². The lowest BCUT2D eigenvalue weighted by Crippen LogP contribution is -2.32. The summed E-state index contributed by atoms with van der Waals surface area (Å²) in [6, 6.07) is 6.57. The molecular weight excluding hydrogens is 180 g/mol. The molecule has 0 fully saturated rings. The SMILES string of the molecule is CC(=O)N(C(C)=O)c1ccc(N)cc1. The van der Waals surface area contributed by atoms with E-state index in [1.54, 1.807) is 24.3 Å². The average Bonchev–Trinajstić information content (AvgIpc) is 2.07. The largest absolute Gasteiger partial charge is 0.399 e. The van der Waals surface area contributed by atoms with Crippen LogP contribution in [0, 0.1) is 0 Å². The van der Waals surface area contributed by atoms with E-state index in [9.17, 15) is 9.59 Å². The summed E-state index contributed by atoms with van der Waals surface area (Å²) in [6.07, 6.45) is 0. The zero-order valence-electron chi connectivity index (χ0n) is 8.15. The molecule has 0 spiro atoms. The van der Waals surface area contributed by atoms with Gasteiger partial charge in [-0.1, -0.05) is 0 Å². The normalized spacial score (nSPS) is 9.57. The van der Waals surface area contributed by atoms with Crippen LogP contribution in [0.15, 0.2) is 24.3 Å². The Morgan fingerprint density at radius 2 is 1.50 bits per heavy atom. The van der Waals surface area contributed by atoms with Crippen LogP contribution in [0.1, 0.15) is 13.8 Å². The topological polar surface area (TPSA) is 63.4 Å². The Morgan fingerprint density at radius 1 is 1.07 bits per heavy atom. The molecule has 1 rings (SSSR count). The first-order chi connectivity index (χ1) is 6.52. The standard InChI is InChI=1S/C10H12N2O2/c1-7(13)12(8(2)14)10-5-3-9(11)4-6-10/h3-6H,11H2,1-2H3. The van der Waals surface area contributed by atoms with Crippen molar-refractivity contribution in [1.82, 2.24) is 0 Å². The van der Waals surface area contributed by atoms with Crippen molar-refractivity contribution in [3.63, 3.8) is 0 Å². The van der Waals surface area contributed by atoms with Crippen molar-refractivity contribution >= 4 is 23.2 Å². The van der Waals surface area contributed by atoms with E-state index >= 15 is 0 Å². The molecule has 0 radical (unpaired) electrons. The van der Waals surface area contributed by atoms with Gasteiger partial charge < -0.3 is 5.73 Å². The van der Waals surface area contributed by atoms with Crippen LogP contribution in [-0.2, 0) is 9.59 Å². The molecule has 1 aromatic carbocycles. The van der Waals surface area contributed by atoms with Crippen molar-refractivity contribution in [2.24, 2.45) is 0 Å². The molecule has 1 aromatic rings. The number of nitrogens with zero attached hydrogens (tertiary/aromatic N) is 1. The molecule has 14 heavy (non-hydrogen) atoms. The van der Waals surface area contributed by atoms with Crippen LogP contribution in [0.2, 0.25) is 0 Å². The van der Waals surface area contributed by atoms with Gasteiger partial charge in [-0.15, -0.1) is 0 Å². The Labute approximate surface area is 82.3 Å². The van der Waals surface area contributed by atoms with E-state index in [1.807, 2.05) is 0 Å².